The lowest BCUT2D eigenvalue weighted by molar-refractivity contribution is 0.0994. The number of anilines is 1. The fourth-order valence-electron chi connectivity index (χ4n) is 4.15. The molecule has 182 valence electrons. The van der Waals surface area contributed by atoms with Gasteiger partial charge in [0.1, 0.15) is 17.3 Å². The van der Waals surface area contributed by atoms with Crippen LogP contribution < -0.4 is 10.5 Å². The molecule has 0 atom stereocenters. The monoisotopic (exact) mass is 561 g/mol. The van der Waals surface area contributed by atoms with E-state index < -0.39 is 33.0 Å². The lowest BCUT2D eigenvalue weighted by Gasteiger charge is -2.28. The molecular weight excluding hydrogens is 540 g/mol. The molecule has 0 radical (unpaired) electrons. The molecule has 0 bridgehead atoms. The van der Waals surface area contributed by atoms with Crippen LogP contribution in [0.4, 0.5) is 14.5 Å². The van der Waals surface area contributed by atoms with Crippen LogP contribution in [0.5, 0.6) is 0 Å². The van der Waals surface area contributed by atoms with E-state index in [2.05, 4.69) is 20.7 Å². The molecule has 4 rings (SSSR count). The Morgan fingerprint density at radius 3 is 2.37 bits per heavy atom. The quantitative estimate of drug-likeness (QED) is 0.327. The summed E-state index contributed by atoms with van der Waals surface area (Å²) in [7, 11) is -3.52. The van der Waals surface area contributed by atoms with Gasteiger partial charge in [0, 0.05) is 27.0 Å². The van der Waals surface area contributed by atoms with E-state index >= 15 is 0 Å². The van der Waals surface area contributed by atoms with Gasteiger partial charge in [-0.25, -0.2) is 17.2 Å². The highest BCUT2D eigenvalue weighted by Crippen LogP contribution is 2.37. The smallest absolute Gasteiger partial charge is 0.265 e. The van der Waals surface area contributed by atoms with E-state index in [0.717, 1.165) is 12.3 Å². The summed E-state index contributed by atoms with van der Waals surface area (Å²) in [5.74, 6) is -2.01. The first-order valence-corrected chi connectivity index (χ1v) is 13.1. The molecule has 35 heavy (non-hydrogen) atoms. The molecule has 4 aromatic rings. The molecule has 3 N–H and O–H groups in total. The molecule has 0 aliphatic carbocycles. The van der Waals surface area contributed by atoms with Crippen LogP contribution in [0.25, 0.3) is 16.6 Å². The number of amides is 1. The summed E-state index contributed by atoms with van der Waals surface area (Å²) in [6.07, 6.45) is 1.04. The standard InChI is InChI=1S/C25H22BrF2N3O3S/c1-25(2,20-7-5-17(27)12-21(20)28)15-9-16(26)11-19(10-15)31-22-13-18(30-35(3,33)34)6-4-14(22)8-23(31)24(29)32/h4-13,30H,1-3H3,(H2,29,32). The van der Waals surface area contributed by atoms with E-state index in [1.165, 1.54) is 12.1 Å². The van der Waals surface area contributed by atoms with Crippen LogP contribution in [0.2, 0.25) is 0 Å². The van der Waals surface area contributed by atoms with Crippen LogP contribution in [0, 0.1) is 11.6 Å². The van der Waals surface area contributed by atoms with Gasteiger partial charge in [0.05, 0.1) is 17.5 Å². The van der Waals surface area contributed by atoms with Crippen molar-refractivity contribution in [1.29, 1.82) is 0 Å². The van der Waals surface area contributed by atoms with Crippen LogP contribution in [-0.4, -0.2) is 25.1 Å². The number of nitrogens with one attached hydrogen (secondary N) is 1. The van der Waals surface area contributed by atoms with E-state index in [-0.39, 0.29) is 5.69 Å². The van der Waals surface area contributed by atoms with E-state index in [1.54, 1.807) is 41.0 Å². The van der Waals surface area contributed by atoms with Gasteiger partial charge in [0.15, 0.2) is 0 Å². The van der Waals surface area contributed by atoms with E-state index in [9.17, 15) is 22.0 Å². The average Bonchev–Trinajstić information content (AvgIpc) is 3.11. The van der Waals surface area contributed by atoms with Crippen LogP contribution in [0.3, 0.4) is 0 Å². The van der Waals surface area contributed by atoms with Crippen molar-refractivity contribution in [2.24, 2.45) is 5.73 Å². The number of primary amides is 1. The SMILES string of the molecule is CC(C)(c1cc(Br)cc(-n2c(C(N)=O)cc3ccc(NS(C)(=O)=O)cc32)c1)c1ccc(F)cc1F. The number of hydrogen-bond donors (Lipinski definition) is 2. The predicted octanol–water partition coefficient (Wildman–Crippen LogP) is 5.47. The molecule has 0 saturated heterocycles. The van der Waals surface area contributed by atoms with Gasteiger partial charge in [-0.3, -0.25) is 9.52 Å². The number of sulfonamides is 1. The number of benzene rings is 3. The molecule has 0 spiro atoms. The highest BCUT2D eigenvalue weighted by atomic mass is 79.9. The molecule has 3 aromatic carbocycles. The topological polar surface area (TPSA) is 94.2 Å². The summed E-state index contributed by atoms with van der Waals surface area (Å²) in [5, 5.41) is 0.670. The molecule has 1 amide bonds. The number of halogens is 3. The summed E-state index contributed by atoms with van der Waals surface area (Å²) in [6.45, 7) is 3.62. The molecule has 0 aliphatic rings. The maximum absolute atomic E-state index is 14.7. The van der Waals surface area contributed by atoms with Gasteiger partial charge in [0.25, 0.3) is 5.91 Å². The van der Waals surface area contributed by atoms with E-state index in [1.807, 2.05) is 19.9 Å². The van der Waals surface area contributed by atoms with Crippen molar-refractivity contribution in [2.75, 3.05) is 11.0 Å². The second kappa shape index (κ2) is 8.76. The lowest BCUT2D eigenvalue weighted by atomic mass is 9.77. The highest BCUT2D eigenvalue weighted by Gasteiger charge is 2.28. The zero-order chi connectivity index (χ0) is 25.7. The van der Waals surface area contributed by atoms with Gasteiger partial charge >= 0.3 is 0 Å². The summed E-state index contributed by atoms with van der Waals surface area (Å²) >= 11 is 3.50. The molecular formula is C25H22BrF2N3O3S. The van der Waals surface area contributed by atoms with Crippen LogP contribution >= 0.6 is 15.9 Å². The molecule has 1 heterocycles. The normalized spacial score (nSPS) is 12.2. The zero-order valence-corrected chi connectivity index (χ0v) is 21.5. The second-order valence-electron chi connectivity index (χ2n) is 8.82. The number of hydrogen-bond acceptors (Lipinski definition) is 3. The molecule has 0 aliphatic heterocycles. The zero-order valence-electron chi connectivity index (χ0n) is 19.1. The number of aromatic nitrogens is 1. The first-order valence-electron chi connectivity index (χ1n) is 10.5. The summed E-state index contributed by atoms with van der Waals surface area (Å²) in [5.41, 5.74) is 7.39. The molecule has 1 aromatic heterocycles. The maximum Gasteiger partial charge on any atom is 0.265 e. The Morgan fingerprint density at radius 1 is 1.03 bits per heavy atom. The van der Waals surface area contributed by atoms with Crippen molar-refractivity contribution in [2.45, 2.75) is 19.3 Å². The first-order chi connectivity index (χ1) is 16.3. The Kier molecular flexibility index (Phi) is 6.23. The van der Waals surface area contributed by atoms with Crippen molar-refractivity contribution >= 4 is 48.5 Å². The number of fused-ring (bicyclic) bond motifs is 1. The van der Waals surface area contributed by atoms with E-state index in [4.69, 9.17) is 5.73 Å². The summed E-state index contributed by atoms with van der Waals surface area (Å²) in [4.78, 5) is 12.3. The van der Waals surface area contributed by atoms with Crippen LogP contribution in [0.1, 0.15) is 35.5 Å². The van der Waals surface area contributed by atoms with Gasteiger partial charge in [0.2, 0.25) is 10.0 Å². The van der Waals surface area contributed by atoms with Gasteiger partial charge in [-0.15, -0.1) is 0 Å². The summed E-state index contributed by atoms with van der Waals surface area (Å²) in [6, 6.07) is 15.3. The first kappa shape index (κ1) is 24.9. The fourth-order valence-corrected chi connectivity index (χ4v) is 5.19. The second-order valence-corrected chi connectivity index (χ2v) is 11.5. The molecule has 0 fully saturated rings. The predicted molar refractivity (Wildman–Crippen MR) is 136 cm³/mol. The van der Waals surface area contributed by atoms with Crippen LogP contribution in [0.15, 0.2) is 65.1 Å². The Morgan fingerprint density at radius 2 is 1.74 bits per heavy atom. The molecule has 6 nitrogen and oxygen atoms in total. The Bertz CT molecular complexity index is 1600. The maximum atomic E-state index is 14.7. The largest absolute Gasteiger partial charge is 0.364 e. The van der Waals surface area contributed by atoms with Gasteiger partial charge in [-0.2, -0.15) is 0 Å². The molecule has 0 unspecified atom stereocenters. The van der Waals surface area contributed by atoms with E-state index in [0.29, 0.717) is 37.9 Å². The minimum absolute atomic E-state index is 0.186. The number of nitrogens with two attached hydrogens (primary N) is 1. The van der Waals surface area contributed by atoms with Gasteiger partial charge in [-0.05, 0) is 53.6 Å². The van der Waals surface area contributed by atoms with Gasteiger partial charge < -0.3 is 10.3 Å². The number of nitrogens with zero attached hydrogens (tertiary/aromatic N) is 1. The highest BCUT2D eigenvalue weighted by molar-refractivity contribution is 9.10. The van der Waals surface area contributed by atoms with Gasteiger partial charge in [-0.1, -0.05) is 41.9 Å². The van der Waals surface area contributed by atoms with Crippen molar-refractivity contribution in [3.63, 3.8) is 0 Å². The number of carbonyl (C=O) groups is 1. The fraction of sp³-hybridized carbons (Fsp3) is 0.160. The Labute approximate surface area is 209 Å². The van der Waals surface area contributed by atoms with Crippen molar-refractivity contribution in [3.8, 4) is 5.69 Å². The minimum Gasteiger partial charge on any atom is -0.364 e. The van der Waals surface area contributed by atoms with Crippen molar-refractivity contribution in [1.82, 2.24) is 4.57 Å². The minimum atomic E-state index is -3.52. The third-order valence-electron chi connectivity index (χ3n) is 5.83. The Balaban J connectivity index is 1.95. The molecule has 10 heteroatoms. The van der Waals surface area contributed by atoms with Crippen molar-refractivity contribution in [3.05, 3.63) is 93.6 Å². The number of rotatable bonds is 6. The lowest BCUT2D eigenvalue weighted by Crippen LogP contribution is -2.22. The third kappa shape index (κ3) is 4.94. The number of carbonyl (C=O) groups excluding carboxylic acids is 1. The third-order valence-corrected chi connectivity index (χ3v) is 6.89. The Hall–Kier alpha value is -3.24. The average molecular weight is 562 g/mol. The van der Waals surface area contributed by atoms with Crippen molar-refractivity contribution < 1.29 is 22.0 Å². The summed E-state index contributed by atoms with van der Waals surface area (Å²) < 4.78 is 56.4. The van der Waals surface area contributed by atoms with Crippen LogP contribution in [-0.2, 0) is 15.4 Å². The molecule has 0 saturated carbocycles.